The number of carbonyl (C=O) groups excluding carboxylic acids is 1. The second-order valence-corrected chi connectivity index (χ2v) is 6.13. The molecule has 1 aliphatic heterocycles. The first-order valence-electron chi connectivity index (χ1n) is 8.37. The molecular weight excluding hydrogens is 302 g/mol. The summed E-state index contributed by atoms with van der Waals surface area (Å²) < 4.78 is 11.6. The molecule has 1 atom stereocenters. The summed E-state index contributed by atoms with van der Waals surface area (Å²) in [6, 6.07) is 11.6. The van der Waals surface area contributed by atoms with E-state index in [2.05, 4.69) is 12.2 Å². The monoisotopic (exact) mass is 325 g/mol. The number of amides is 1. The summed E-state index contributed by atoms with van der Waals surface area (Å²) in [4.78, 5) is 12.4. The molecule has 1 amide bonds. The average Bonchev–Trinajstić information content (AvgIpc) is 2.92. The number of hydrogen-bond acceptors (Lipinski definition) is 3. The Labute approximate surface area is 142 Å². The van der Waals surface area contributed by atoms with Crippen LogP contribution in [0.2, 0.25) is 0 Å². The minimum Gasteiger partial charge on any atom is -0.494 e. The maximum absolute atomic E-state index is 12.4. The molecule has 2 aromatic carbocycles. The van der Waals surface area contributed by atoms with Gasteiger partial charge in [0.1, 0.15) is 17.6 Å². The van der Waals surface area contributed by atoms with Crippen molar-refractivity contribution in [3.8, 4) is 11.5 Å². The van der Waals surface area contributed by atoms with Crippen molar-refractivity contribution in [2.24, 2.45) is 0 Å². The van der Waals surface area contributed by atoms with Crippen LogP contribution >= 0.6 is 0 Å². The molecule has 0 saturated heterocycles. The van der Waals surface area contributed by atoms with Crippen LogP contribution in [0.1, 0.15) is 40.9 Å². The zero-order valence-electron chi connectivity index (χ0n) is 14.4. The topological polar surface area (TPSA) is 47.6 Å². The summed E-state index contributed by atoms with van der Waals surface area (Å²) in [5.74, 6) is 1.63. The van der Waals surface area contributed by atoms with Gasteiger partial charge in [0.25, 0.3) is 5.91 Å². The van der Waals surface area contributed by atoms with Crippen molar-refractivity contribution in [3.63, 3.8) is 0 Å². The lowest BCUT2D eigenvalue weighted by Gasteiger charge is -2.14. The van der Waals surface area contributed by atoms with Gasteiger partial charge in [0, 0.05) is 29.7 Å². The first-order valence-corrected chi connectivity index (χ1v) is 8.37. The highest BCUT2D eigenvalue weighted by atomic mass is 16.5. The molecule has 0 fully saturated rings. The van der Waals surface area contributed by atoms with Crippen molar-refractivity contribution >= 4 is 5.91 Å². The van der Waals surface area contributed by atoms with Gasteiger partial charge < -0.3 is 14.8 Å². The molecule has 126 valence electrons. The van der Waals surface area contributed by atoms with Crippen LogP contribution < -0.4 is 14.8 Å². The zero-order chi connectivity index (χ0) is 17.1. The van der Waals surface area contributed by atoms with Crippen LogP contribution in [0.25, 0.3) is 0 Å². The molecule has 0 saturated carbocycles. The third-order valence-corrected chi connectivity index (χ3v) is 4.21. The first-order chi connectivity index (χ1) is 11.6. The van der Waals surface area contributed by atoms with E-state index >= 15 is 0 Å². The van der Waals surface area contributed by atoms with E-state index in [4.69, 9.17) is 9.47 Å². The molecular formula is C20H23NO3. The van der Waals surface area contributed by atoms with Gasteiger partial charge in [0.05, 0.1) is 6.61 Å². The average molecular weight is 325 g/mol. The van der Waals surface area contributed by atoms with Gasteiger partial charge in [0.2, 0.25) is 0 Å². The number of rotatable bonds is 5. The summed E-state index contributed by atoms with van der Waals surface area (Å²) in [6.45, 7) is 6.95. The zero-order valence-corrected chi connectivity index (χ0v) is 14.4. The number of ether oxygens (including phenoxy) is 2. The lowest BCUT2D eigenvalue weighted by molar-refractivity contribution is 0.0950. The number of carbonyl (C=O) groups is 1. The van der Waals surface area contributed by atoms with Crippen LogP contribution in [-0.4, -0.2) is 18.6 Å². The maximum atomic E-state index is 12.4. The van der Waals surface area contributed by atoms with Crippen LogP contribution in [0.3, 0.4) is 0 Å². The largest absolute Gasteiger partial charge is 0.494 e. The molecule has 0 bridgehead atoms. The van der Waals surface area contributed by atoms with E-state index in [0.29, 0.717) is 18.7 Å². The van der Waals surface area contributed by atoms with Crippen molar-refractivity contribution in [2.45, 2.75) is 39.8 Å². The molecule has 2 aromatic rings. The normalized spacial score (nSPS) is 15.5. The van der Waals surface area contributed by atoms with Gasteiger partial charge in [-0.15, -0.1) is 0 Å². The molecule has 0 spiro atoms. The Morgan fingerprint density at radius 1 is 1.33 bits per heavy atom. The fraction of sp³-hybridized carbons (Fsp3) is 0.350. The number of nitrogens with one attached hydrogen (secondary N) is 1. The standard InChI is InChI=1S/C20H23NO3/c1-4-23-18-10-15-9-14(3)24-19(15)11-16(18)12-21-20(22)17-8-6-5-7-13(17)2/h5-8,10-11,14H,4,9,12H2,1-3H3,(H,21,22)/t14-/m0/s1. The molecule has 1 N–H and O–H groups in total. The van der Waals surface area contributed by atoms with Gasteiger partial charge in [-0.3, -0.25) is 4.79 Å². The molecule has 24 heavy (non-hydrogen) atoms. The van der Waals surface area contributed by atoms with E-state index < -0.39 is 0 Å². The second-order valence-electron chi connectivity index (χ2n) is 6.13. The van der Waals surface area contributed by atoms with Gasteiger partial charge in [-0.1, -0.05) is 18.2 Å². The van der Waals surface area contributed by atoms with Crippen LogP contribution in [0.4, 0.5) is 0 Å². The van der Waals surface area contributed by atoms with Crippen molar-refractivity contribution < 1.29 is 14.3 Å². The maximum Gasteiger partial charge on any atom is 0.251 e. The summed E-state index contributed by atoms with van der Waals surface area (Å²) in [5.41, 5.74) is 3.76. The number of benzene rings is 2. The van der Waals surface area contributed by atoms with Crippen molar-refractivity contribution in [1.82, 2.24) is 5.32 Å². The third-order valence-electron chi connectivity index (χ3n) is 4.21. The van der Waals surface area contributed by atoms with Crippen LogP contribution in [0, 0.1) is 6.92 Å². The molecule has 3 rings (SSSR count). The highest BCUT2D eigenvalue weighted by molar-refractivity contribution is 5.95. The van der Waals surface area contributed by atoms with Gasteiger partial charge in [0.15, 0.2) is 0 Å². The fourth-order valence-corrected chi connectivity index (χ4v) is 3.01. The fourth-order valence-electron chi connectivity index (χ4n) is 3.01. The van der Waals surface area contributed by atoms with Gasteiger partial charge in [-0.25, -0.2) is 0 Å². The molecule has 1 aliphatic rings. The Balaban J connectivity index is 1.78. The smallest absolute Gasteiger partial charge is 0.251 e. The Bertz CT molecular complexity index is 755. The first kappa shape index (κ1) is 16.4. The lowest BCUT2D eigenvalue weighted by atomic mass is 10.1. The number of aryl methyl sites for hydroxylation is 1. The summed E-state index contributed by atoms with van der Waals surface area (Å²) in [7, 11) is 0. The molecule has 0 aliphatic carbocycles. The van der Waals surface area contributed by atoms with Gasteiger partial charge in [-0.2, -0.15) is 0 Å². The molecule has 0 radical (unpaired) electrons. The lowest BCUT2D eigenvalue weighted by Crippen LogP contribution is -2.24. The summed E-state index contributed by atoms with van der Waals surface area (Å²) in [6.07, 6.45) is 1.08. The van der Waals surface area contributed by atoms with E-state index in [-0.39, 0.29) is 12.0 Å². The van der Waals surface area contributed by atoms with E-state index in [0.717, 1.165) is 29.0 Å². The van der Waals surface area contributed by atoms with E-state index in [1.807, 2.05) is 50.2 Å². The molecule has 0 unspecified atom stereocenters. The van der Waals surface area contributed by atoms with Gasteiger partial charge >= 0.3 is 0 Å². The predicted octanol–water partition coefficient (Wildman–Crippen LogP) is 3.65. The predicted molar refractivity (Wildman–Crippen MR) is 93.8 cm³/mol. The van der Waals surface area contributed by atoms with E-state index in [1.54, 1.807) is 0 Å². The summed E-state index contributed by atoms with van der Waals surface area (Å²) in [5, 5.41) is 2.98. The van der Waals surface area contributed by atoms with E-state index in [9.17, 15) is 4.79 Å². The Morgan fingerprint density at radius 2 is 2.12 bits per heavy atom. The van der Waals surface area contributed by atoms with Crippen molar-refractivity contribution in [1.29, 1.82) is 0 Å². The Hall–Kier alpha value is -2.49. The van der Waals surface area contributed by atoms with Gasteiger partial charge in [-0.05, 0) is 44.5 Å². The molecule has 0 aromatic heterocycles. The number of hydrogen-bond donors (Lipinski definition) is 1. The van der Waals surface area contributed by atoms with E-state index in [1.165, 1.54) is 5.56 Å². The third kappa shape index (κ3) is 3.37. The molecule has 1 heterocycles. The Kier molecular flexibility index (Phi) is 4.74. The molecule has 4 heteroatoms. The quantitative estimate of drug-likeness (QED) is 0.913. The van der Waals surface area contributed by atoms with Crippen molar-refractivity contribution in [2.75, 3.05) is 6.61 Å². The second kappa shape index (κ2) is 6.95. The Morgan fingerprint density at radius 3 is 2.88 bits per heavy atom. The number of fused-ring (bicyclic) bond motifs is 1. The summed E-state index contributed by atoms with van der Waals surface area (Å²) >= 11 is 0. The van der Waals surface area contributed by atoms with Crippen LogP contribution in [-0.2, 0) is 13.0 Å². The van der Waals surface area contributed by atoms with Crippen LogP contribution in [0.5, 0.6) is 11.5 Å². The SMILES string of the molecule is CCOc1cc2c(cc1CNC(=O)c1ccccc1C)O[C@@H](C)C2. The van der Waals surface area contributed by atoms with Crippen molar-refractivity contribution in [3.05, 3.63) is 58.7 Å². The minimum absolute atomic E-state index is 0.0784. The highest BCUT2D eigenvalue weighted by Crippen LogP contribution is 2.35. The molecule has 4 nitrogen and oxygen atoms in total. The minimum atomic E-state index is -0.0784. The van der Waals surface area contributed by atoms with Crippen LogP contribution in [0.15, 0.2) is 36.4 Å². The highest BCUT2D eigenvalue weighted by Gasteiger charge is 2.22.